The quantitative estimate of drug-likeness (QED) is 0.683. The number of rotatable bonds is 3. The lowest BCUT2D eigenvalue weighted by Crippen LogP contribution is -2.49. The molecule has 2 rings (SSSR count). The normalized spacial score (nSPS) is 25.6. The van der Waals surface area contributed by atoms with Crippen LogP contribution in [0.1, 0.15) is 38.7 Å². The lowest BCUT2D eigenvalue weighted by Gasteiger charge is -2.37. The summed E-state index contributed by atoms with van der Waals surface area (Å²) in [5.41, 5.74) is 1.42. The van der Waals surface area contributed by atoms with Crippen LogP contribution in [0.25, 0.3) is 0 Å². The summed E-state index contributed by atoms with van der Waals surface area (Å²) in [5, 5.41) is 7.93. The molecule has 4 heteroatoms. The van der Waals surface area contributed by atoms with Gasteiger partial charge >= 0.3 is 0 Å². The van der Waals surface area contributed by atoms with Crippen molar-refractivity contribution < 1.29 is 0 Å². The molecule has 0 saturated carbocycles. The zero-order valence-electron chi connectivity index (χ0n) is 13.1. The molecule has 0 bridgehead atoms. The summed E-state index contributed by atoms with van der Waals surface area (Å²) in [5.74, 6) is 3.10. The van der Waals surface area contributed by atoms with Gasteiger partial charge in [-0.3, -0.25) is 4.99 Å². The second-order valence-electron chi connectivity index (χ2n) is 6.24. The first-order chi connectivity index (χ1) is 9.60. The molecule has 112 valence electrons. The number of nitrogens with zero attached hydrogens (tertiary/aromatic N) is 2. The molecule has 1 aromatic rings. The lowest BCUT2D eigenvalue weighted by molar-refractivity contribution is 0.208. The van der Waals surface area contributed by atoms with E-state index >= 15 is 0 Å². The number of aliphatic imine (C=N–C) groups is 1. The van der Waals surface area contributed by atoms with Crippen LogP contribution in [0, 0.1) is 11.8 Å². The van der Waals surface area contributed by atoms with Crippen molar-refractivity contribution in [2.75, 3.05) is 26.7 Å². The smallest absolute Gasteiger partial charge is 0.193 e. The van der Waals surface area contributed by atoms with Gasteiger partial charge in [-0.2, -0.15) is 11.3 Å². The van der Waals surface area contributed by atoms with E-state index in [4.69, 9.17) is 0 Å². The third-order valence-electron chi connectivity index (χ3n) is 4.06. The van der Waals surface area contributed by atoms with Crippen LogP contribution in [0.5, 0.6) is 0 Å². The Morgan fingerprint density at radius 1 is 1.45 bits per heavy atom. The van der Waals surface area contributed by atoms with Crippen molar-refractivity contribution in [3.63, 3.8) is 0 Å². The molecule has 3 unspecified atom stereocenters. The summed E-state index contributed by atoms with van der Waals surface area (Å²) in [6, 6.07) is 2.21. The molecule has 1 aliphatic heterocycles. The third kappa shape index (κ3) is 3.98. The van der Waals surface area contributed by atoms with Gasteiger partial charge in [0, 0.05) is 26.7 Å². The Bertz CT molecular complexity index is 417. The van der Waals surface area contributed by atoms with Gasteiger partial charge in [0.05, 0.1) is 0 Å². The van der Waals surface area contributed by atoms with Crippen LogP contribution in [0.3, 0.4) is 0 Å². The van der Waals surface area contributed by atoms with E-state index < -0.39 is 0 Å². The monoisotopic (exact) mass is 293 g/mol. The number of guanidine groups is 1. The number of hydrogen-bond acceptors (Lipinski definition) is 2. The van der Waals surface area contributed by atoms with Gasteiger partial charge in [-0.1, -0.05) is 20.8 Å². The highest BCUT2D eigenvalue weighted by Gasteiger charge is 2.24. The number of thiophene rings is 1. The molecule has 0 aromatic carbocycles. The van der Waals surface area contributed by atoms with Gasteiger partial charge in [-0.05, 0) is 46.6 Å². The molecule has 1 N–H and O–H groups in total. The highest BCUT2D eigenvalue weighted by molar-refractivity contribution is 7.07. The molecule has 0 amide bonds. The van der Waals surface area contributed by atoms with Gasteiger partial charge < -0.3 is 10.2 Å². The van der Waals surface area contributed by atoms with Crippen LogP contribution in [0.4, 0.5) is 0 Å². The van der Waals surface area contributed by atoms with Crippen molar-refractivity contribution >= 4 is 17.3 Å². The van der Waals surface area contributed by atoms with Gasteiger partial charge in [0.25, 0.3) is 0 Å². The van der Waals surface area contributed by atoms with E-state index in [0.29, 0.717) is 5.92 Å². The van der Waals surface area contributed by atoms with Gasteiger partial charge in [0.15, 0.2) is 5.96 Å². The summed E-state index contributed by atoms with van der Waals surface area (Å²) in [6.07, 6.45) is 1.33. The predicted molar refractivity (Wildman–Crippen MR) is 88.6 cm³/mol. The summed E-state index contributed by atoms with van der Waals surface area (Å²) < 4.78 is 0. The molecule has 0 radical (unpaired) electrons. The lowest BCUT2D eigenvalue weighted by atomic mass is 9.92. The van der Waals surface area contributed by atoms with E-state index in [0.717, 1.165) is 37.4 Å². The topological polar surface area (TPSA) is 27.6 Å². The van der Waals surface area contributed by atoms with Crippen LogP contribution in [-0.2, 0) is 0 Å². The van der Waals surface area contributed by atoms with Crippen molar-refractivity contribution in [1.82, 2.24) is 10.2 Å². The first-order valence-electron chi connectivity index (χ1n) is 7.57. The minimum absolute atomic E-state index is 0.526. The van der Waals surface area contributed by atoms with Crippen LogP contribution in [-0.4, -0.2) is 37.5 Å². The maximum absolute atomic E-state index is 4.47. The summed E-state index contributed by atoms with van der Waals surface area (Å²) in [6.45, 7) is 10.1. The molecule has 3 nitrogen and oxygen atoms in total. The first kappa shape index (κ1) is 15.4. The highest BCUT2D eigenvalue weighted by atomic mass is 32.1. The molecule has 1 saturated heterocycles. The van der Waals surface area contributed by atoms with E-state index in [2.05, 4.69) is 52.8 Å². The number of likely N-dealkylation sites (tertiary alicyclic amines) is 1. The molecule has 1 fully saturated rings. The molecule has 0 aliphatic carbocycles. The SMILES string of the molecule is CN=C(NCC(C)c1ccsc1)N1CC(C)CC(C)C1. The number of hydrogen-bond donors (Lipinski definition) is 1. The zero-order chi connectivity index (χ0) is 14.5. The fraction of sp³-hybridized carbons (Fsp3) is 0.688. The Morgan fingerprint density at radius 3 is 2.70 bits per heavy atom. The molecule has 2 heterocycles. The third-order valence-corrected chi connectivity index (χ3v) is 4.76. The van der Waals surface area contributed by atoms with E-state index in [1.165, 1.54) is 12.0 Å². The Hall–Kier alpha value is -1.03. The van der Waals surface area contributed by atoms with Crippen LogP contribution >= 0.6 is 11.3 Å². The maximum Gasteiger partial charge on any atom is 0.193 e. The van der Waals surface area contributed by atoms with Gasteiger partial charge in [-0.25, -0.2) is 0 Å². The molecular weight excluding hydrogens is 266 g/mol. The first-order valence-corrected chi connectivity index (χ1v) is 8.52. The van der Waals surface area contributed by atoms with Crippen LogP contribution in [0.15, 0.2) is 21.8 Å². The molecule has 3 atom stereocenters. The van der Waals surface area contributed by atoms with E-state index in [-0.39, 0.29) is 0 Å². The van der Waals surface area contributed by atoms with Crippen LogP contribution < -0.4 is 5.32 Å². The largest absolute Gasteiger partial charge is 0.356 e. The van der Waals surface area contributed by atoms with Crippen molar-refractivity contribution in [3.05, 3.63) is 22.4 Å². The average Bonchev–Trinajstić information content (AvgIpc) is 2.92. The maximum atomic E-state index is 4.47. The standard InChI is InChI=1S/C16H27N3S/c1-12-7-13(2)10-19(9-12)16(17-4)18-8-14(3)15-5-6-20-11-15/h5-6,11-14H,7-10H2,1-4H3,(H,17,18). The van der Waals surface area contributed by atoms with Crippen molar-refractivity contribution in [2.45, 2.75) is 33.1 Å². The fourth-order valence-corrected chi connectivity index (χ4v) is 3.87. The number of piperidine rings is 1. The Morgan fingerprint density at radius 2 is 2.15 bits per heavy atom. The van der Waals surface area contributed by atoms with E-state index in [1.807, 2.05) is 7.05 Å². The molecular formula is C16H27N3S. The van der Waals surface area contributed by atoms with E-state index in [9.17, 15) is 0 Å². The van der Waals surface area contributed by atoms with Gasteiger partial charge in [0.2, 0.25) is 0 Å². The Labute approximate surface area is 127 Å². The molecule has 1 aromatic heterocycles. The summed E-state index contributed by atoms with van der Waals surface area (Å²) >= 11 is 1.77. The van der Waals surface area contributed by atoms with E-state index in [1.54, 1.807) is 11.3 Å². The second kappa shape index (κ2) is 7.11. The summed E-state index contributed by atoms with van der Waals surface area (Å²) in [7, 11) is 1.89. The van der Waals surface area contributed by atoms with Crippen molar-refractivity contribution in [1.29, 1.82) is 0 Å². The molecule has 0 spiro atoms. The van der Waals surface area contributed by atoms with Crippen molar-refractivity contribution in [3.8, 4) is 0 Å². The summed E-state index contributed by atoms with van der Waals surface area (Å²) in [4.78, 5) is 6.88. The van der Waals surface area contributed by atoms with Crippen molar-refractivity contribution in [2.24, 2.45) is 16.8 Å². The highest BCUT2D eigenvalue weighted by Crippen LogP contribution is 2.21. The fourth-order valence-electron chi connectivity index (χ4n) is 3.09. The Kier molecular flexibility index (Phi) is 5.46. The van der Waals surface area contributed by atoms with Crippen LogP contribution in [0.2, 0.25) is 0 Å². The second-order valence-corrected chi connectivity index (χ2v) is 7.02. The zero-order valence-corrected chi connectivity index (χ0v) is 13.9. The Balaban J connectivity index is 1.89. The predicted octanol–water partition coefficient (Wildman–Crippen LogP) is 3.40. The molecule has 20 heavy (non-hydrogen) atoms. The number of nitrogens with one attached hydrogen (secondary N) is 1. The molecule has 1 aliphatic rings. The van der Waals surface area contributed by atoms with Gasteiger partial charge in [-0.15, -0.1) is 0 Å². The average molecular weight is 293 g/mol. The van der Waals surface area contributed by atoms with Gasteiger partial charge in [0.1, 0.15) is 0 Å². The minimum Gasteiger partial charge on any atom is -0.356 e. The minimum atomic E-state index is 0.526.